The summed E-state index contributed by atoms with van der Waals surface area (Å²) in [6, 6.07) is 8.51. The first kappa shape index (κ1) is 18.9. The summed E-state index contributed by atoms with van der Waals surface area (Å²) < 4.78 is 6.33. The van der Waals surface area contributed by atoms with Crippen LogP contribution in [0.5, 0.6) is 0 Å². The predicted molar refractivity (Wildman–Crippen MR) is 107 cm³/mol. The summed E-state index contributed by atoms with van der Waals surface area (Å²) in [7, 11) is 0. The monoisotopic (exact) mass is 394 g/mol. The van der Waals surface area contributed by atoms with Gasteiger partial charge in [-0.3, -0.25) is 14.4 Å². The molecular weight excluding hydrogens is 372 g/mol. The van der Waals surface area contributed by atoms with Gasteiger partial charge >= 0.3 is 0 Å². The Hall–Kier alpha value is -3.42. The Labute approximate surface area is 167 Å². The summed E-state index contributed by atoms with van der Waals surface area (Å²) in [5, 5.41) is 5.42. The number of fused-ring (bicyclic) bond motifs is 1. The number of piperazine rings is 1. The highest BCUT2D eigenvalue weighted by Gasteiger charge is 2.28. The van der Waals surface area contributed by atoms with Crippen molar-refractivity contribution in [3.63, 3.8) is 0 Å². The van der Waals surface area contributed by atoms with Gasteiger partial charge in [-0.05, 0) is 26.0 Å². The van der Waals surface area contributed by atoms with Gasteiger partial charge in [0.25, 0.3) is 17.4 Å². The summed E-state index contributed by atoms with van der Waals surface area (Å²) in [6.07, 6.45) is 2.89. The summed E-state index contributed by atoms with van der Waals surface area (Å²) in [5.74, 6) is -0.339. The van der Waals surface area contributed by atoms with Crippen LogP contribution < -0.4 is 5.56 Å². The van der Waals surface area contributed by atoms with E-state index < -0.39 is 0 Å². The van der Waals surface area contributed by atoms with E-state index in [1.165, 1.54) is 17.2 Å². The van der Waals surface area contributed by atoms with Crippen molar-refractivity contribution in [3.05, 3.63) is 64.5 Å². The molecule has 0 saturated carbocycles. The molecule has 0 unspecified atom stereocenters. The van der Waals surface area contributed by atoms with Crippen molar-refractivity contribution in [1.82, 2.24) is 19.6 Å². The zero-order valence-electron chi connectivity index (χ0n) is 16.4. The van der Waals surface area contributed by atoms with Crippen LogP contribution in [0.2, 0.25) is 0 Å². The van der Waals surface area contributed by atoms with Gasteiger partial charge in [-0.1, -0.05) is 18.2 Å². The van der Waals surface area contributed by atoms with E-state index >= 15 is 0 Å². The molecule has 0 aliphatic carbocycles. The second-order valence-corrected chi connectivity index (χ2v) is 7.33. The molecule has 0 N–H and O–H groups in total. The minimum atomic E-state index is -0.231. The number of hydrogen-bond donors (Lipinski definition) is 0. The maximum Gasteiger partial charge on any atom is 0.275 e. The highest BCUT2D eigenvalue weighted by molar-refractivity contribution is 6.05. The van der Waals surface area contributed by atoms with Crippen LogP contribution in [-0.4, -0.2) is 57.6 Å². The second-order valence-electron chi connectivity index (χ2n) is 7.33. The summed E-state index contributed by atoms with van der Waals surface area (Å²) in [4.78, 5) is 41.7. The van der Waals surface area contributed by atoms with Crippen LogP contribution in [0.1, 0.15) is 40.7 Å². The van der Waals surface area contributed by atoms with Crippen LogP contribution in [0, 0.1) is 0 Å². The molecule has 29 heavy (non-hydrogen) atoms. The molecule has 3 heterocycles. The van der Waals surface area contributed by atoms with Crippen molar-refractivity contribution >= 4 is 22.6 Å². The number of hydrogen-bond acceptors (Lipinski definition) is 5. The predicted octanol–water partition coefficient (Wildman–Crippen LogP) is 2.17. The van der Waals surface area contributed by atoms with E-state index in [0.29, 0.717) is 42.5 Å². The molecule has 0 radical (unpaired) electrons. The Balaban J connectivity index is 1.59. The summed E-state index contributed by atoms with van der Waals surface area (Å²) >= 11 is 0. The molecule has 1 saturated heterocycles. The summed E-state index contributed by atoms with van der Waals surface area (Å²) in [6.45, 7) is 5.38. The average Bonchev–Trinajstić information content (AvgIpc) is 3.28. The lowest BCUT2D eigenvalue weighted by atomic mass is 10.1. The number of nitrogens with zero attached hydrogens (tertiary/aromatic N) is 4. The lowest BCUT2D eigenvalue weighted by Crippen LogP contribution is -2.51. The average molecular weight is 394 g/mol. The maximum atomic E-state index is 13.2. The first-order valence-electron chi connectivity index (χ1n) is 9.59. The van der Waals surface area contributed by atoms with E-state index in [1.807, 2.05) is 13.8 Å². The van der Waals surface area contributed by atoms with Crippen molar-refractivity contribution < 1.29 is 14.0 Å². The smallest absolute Gasteiger partial charge is 0.275 e. The van der Waals surface area contributed by atoms with E-state index in [2.05, 4.69) is 5.10 Å². The molecule has 150 valence electrons. The molecule has 4 rings (SSSR count). The van der Waals surface area contributed by atoms with Crippen LogP contribution in [0.3, 0.4) is 0 Å². The highest BCUT2D eigenvalue weighted by atomic mass is 16.3. The van der Waals surface area contributed by atoms with E-state index in [0.717, 1.165) is 0 Å². The molecular formula is C21H22N4O4. The zero-order valence-corrected chi connectivity index (χ0v) is 16.4. The third-order valence-corrected chi connectivity index (χ3v) is 5.14. The Morgan fingerprint density at radius 3 is 2.17 bits per heavy atom. The van der Waals surface area contributed by atoms with Crippen molar-refractivity contribution in [1.29, 1.82) is 0 Å². The third-order valence-electron chi connectivity index (χ3n) is 5.14. The second kappa shape index (κ2) is 7.54. The summed E-state index contributed by atoms with van der Waals surface area (Å²) in [5.41, 5.74) is 0.563. The minimum absolute atomic E-state index is 0.109. The number of amides is 2. The fourth-order valence-electron chi connectivity index (χ4n) is 3.55. The van der Waals surface area contributed by atoms with Crippen LogP contribution in [0.15, 0.2) is 52.1 Å². The van der Waals surface area contributed by atoms with Crippen LogP contribution in [-0.2, 0) is 0 Å². The fourth-order valence-corrected chi connectivity index (χ4v) is 3.55. The van der Waals surface area contributed by atoms with E-state index in [9.17, 15) is 14.4 Å². The van der Waals surface area contributed by atoms with Crippen LogP contribution in [0.4, 0.5) is 0 Å². The molecule has 0 spiro atoms. The van der Waals surface area contributed by atoms with Gasteiger partial charge < -0.3 is 14.2 Å². The molecule has 1 aromatic carbocycles. The first-order chi connectivity index (χ1) is 14.0. The molecule has 1 aliphatic rings. The Kier molecular flexibility index (Phi) is 4.92. The van der Waals surface area contributed by atoms with Gasteiger partial charge in [-0.2, -0.15) is 5.10 Å². The number of carbonyl (C=O) groups is 2. The van der Waals surface area contributed by atoms with E-state index in [4.69, 9.17) is 4.42 Å². The van der Waals surface area contributed by atoms with Crippen LogP contribution in [0.25, 0.3) is 10.8 Å². The molecule has 8 nitrogen and oxygen atoms in total. The van der Waals surface area contributed by atoms with Gasteiger partial charge in [-0.25, -0.2) is 4.68 Å². The van der Waals surface area contributed by atoms with Crippen LogP contribution >= 0.6 is 0 Å². The quantitative estimate of drug-likeness (QED) is 0.679. The third kappa shape index (κ3) is 3.41. The molecule has 2 amide bonds. The fraction of sp³-hybridized carbons (Fsp3) is 0.333. The topological polar surface area (TPSA) is 88.7 Å². The van der Waals surface area contributed by atoms with Crippen molar-refractivity contribution in [3.8, 4) is 0 Å². The van der Waals surface area contributed by atoms with Crippen molar-refractivity contribution in [2.24, 2.45) is 0 Å². The van der Waals surface area contributed by atoms with Gasteiger partial charge in [0, 0.05) is 31.6 Å². The number of benzene rings is 1. The van der Waals surface area contributed by atoms with Gasteiger partial charge in [0.1, 0.15) is 6.26 Å². The van der Waals surface area contributed by atoms with Gasteiger partial charge in [0.15, 0.2) is 5.69 Å². The highest BCUT2D eigenvalue weighted by Crippen LogP contribution is 2.18. The number of carbonyl (C=O) groups excluding carboxylic acids is 2. The largest absolute Gasteiger partial charge is 0.472 e. The number of aromatic nitrogens is 2. The van der Waals surface area contributed by atoms with E-state index in [-0.39, 0.29) is 29.1 Å². The number of furan rings is 1. The molecule has 0 atom stereocenters. The van der Waals surface area contributed by atoms with E-state index in [1.54, 1.807) is 40.1 Å². The maximum absolute atomic E-state index is 13.2. The van der Waals surface area contributed by atoms with Gasteiger partial charge in [-0.15, -0.1) is 0 Å². The van der Waals surface area contributed by atoms with Gasteiger partial charge in [0.05, 0.1) is 23.3 Å². The lowest BCUT2D eigenvalue weighted by molar-refractivity contribution is 0.0531. The van der Waals surface area contributed by atoms with Crippen molar-refractivity contribution in [2.75, 3.05) is 26.2 Å². The molecule has 1 aliphatic heterocycles. The van der Waals surface area contributed by atoms with Crippen molar-refractivity contribution in [2.45, 2.75) is 19.9 Å². The normalized spacial score (nSPS) is 14.6. The molecule has 3 aromatic rings. The lowest BCUT2D eigenvalue weighted by Gasteiger charge is -2.34. The molecule has 2 aromatic heterocycles. The minimum Gasteiger partial charge on any atom is -0.472 e. The zero-order chi connectivity index (χ0) is 20.5. The Morgan fingerprint density at radius 1 is 0.966 bits per heavy atom. The van der Waals surface area contributed by atoms with Gasteiger partial charge in [0.2, 0.25) is 0 Å². The Morgan fingerprint density at radius 2 is 1.59 bits per heavy atom. The molecule has 0 bridgehead atoms. The molecule has 8 heteroatoms. The SMILES string of the molecule is CC(C)n1nc(C(=O)N2CCN(C(=O)c3ccoc3)CC2)c2ccccc2c1=O. The molecule has 1 fully saturated rings. The first-order valence-corrected chi connectivity index (χ1v) is 9.59. The number of rotatable bonds is 3. The standard InChI is InChI=1S/C21H22N4O4/c1-14(2)25-20(27)17-6-4-3-5-16(17)18(22-25)21(28)24-10-8-23(9-11-24)19(26)15-7-12-29-13-15/h3-7,12-14H,8-11H2,1-2H3. The Bertz CT molecular complexity index is 1110.